The van der Waals surface area contributed by atoms with Gasteiger partial charge in [-0.25, -0.2) is 17.7 Å². The number of nitrogens with one attached hydrogen (secondary N) is 4. The second kappa shape index (κ2) is 22.6. The molecule has 1 fully saturated rings. The number of hydrogen-bond acceptors (Lipinski definition) is 14. The van der Waals surface area contributed by atoms with Gasteiger partial charge in [0.05, 0.1) is 22.1 Å². The van der Waals surface area contributed by atoms with Crippen LogP contribution in [-0.2, 0) is 38.8 Å². The molecule has 1 saturated carbocycles. The van der Waals surface area contributed by atoms with Crippen molar-refractivity contribution in [2.45, 2.75) is 121 Å². The molecule has 3 rings (SSSR count). The molecule has 20 nitrogen and oxygen atoms in total. The predicted molar refractivity (Wildman–Crippen MR) is 216 cm³/mol. The zero-order valence-electron chi connectivity index (χ0n) is 34.4. The van der Waals surface area contributed by atoms with E-state index in [2.05, 4.69) is 25.9 Å². The van der Waals surface area contributed by atoms with E-state index in [1.807, 2.05) is 13.8 Å². The maximum Gasteiger partial charge on any atom is 0.295 e. The highest BCUT2D eigenvalue weighted by Gasteiger charge is 2.40. The molecule has 1 aromatic carbocycles. The third-order valence-corrected chi connectivity index (χ3v) is 12.0. The summed E-state index contributed by atoms with van der Waals surface area (Å²) in [6.07, 6.45) is 8.21. The fourth-order valence-electron chi connectivity index (χ4n) is 6.58. The number of Topliss-reactive ketones (excluding diaryl/α,β-unsaturated/α-hetero) is 1. The molecule has 1 aliphatic rings. The van der Waals surface area contributed by atoms with Crippen molar-refractivity contribution in [3.05, 3.63) is 58.7 Å². The first kappa shape index (κ1) is 48.7. The van der Waals surface area contributed by atoms with Crippen molar-refractivity contribution < 1.29 is 46.9 Å². The molecule has 0 radical (unpaired) electrons. The van der Waals surface area contributed by atoms with Crippen molar-refractivity contribution >= 4 is 56.9 Å². The zero-order chi connectivity index (χ0) is 44.7. The molecule has 1 aromatic heterocycles. The number of hydrogen-bond donors (Lipinski definition) is 5. The Morgan fingerprint density at radius 3 is 2.10 bits per heavy atom. The Kier molecular flexibility index (Phi) is 18.3. The first-order valence-electron chi connectivity index (χ1n) is 19.9. The lowest BCUT2D eigenvalue weighted by molar-refractivity contribution is -0.384. The fourth-order valence-corrected chi connectivity index (χ4v) is 7.97. The number of benzene rings is 1. The maximum atomic E-state index is 14.7. The van der Waals surface area contributed by atoms with E-state index >= 15 is 0 Å². The molecule has 6 N–H and O–H groups in total. The SMILES string of the molecule is CCC(N)C(=O)C(=O)NC(=O)CN(C(=O)[C@H](CC1CCCCC1)NC(=O)[C@@H](NC(=O)[C@H](CC(C)C)NC(=O)c1cnccn1)[C@@H](C)CC)S(=O)(=O)c1ccc([N+](=O)[O-])cc1. The molecule has 1 heterocycles. The number of sulfonamides is 1. The van der Waals surface area contributed by atoms with Crippen molar-refractivity contribution in [1.29, 1.82) is 0 Å². The lowest BCUT2D eigenvalue weighted by atomic mass is 9.84. The van der Waals surface area contributed by atoms with E-state index in [1.54, 1.807) is 19.2 Å². The molecule has 0 spiro atoms. The standard InChI is InChI=1S/C39H55N9O11S/c1-6-24(5)33(46-35(51)29(19-23(3)4)43-36(52)31-21-41-17-18-42-31)37(53)44-30(20-25-11-9-8-10-12-25)39(55)47(22-32(49)45-38(54)34(50)28(40)7-2)60(58,59)27-15-13-26(14-16-27)48(56)57/h13-18,21,23-25,28-30,33H,6-12,19-20,22,40H2,1-5H3,(H,43,52)(H,44,53)(H,46,51)(H,45,49,54)/t24-,28?,29-,30-,33-/m0/s1. The highest BCUT2D eigenvalue weighted by Crippen LogP contribution is 2.29. The molecule has 1 unspecified atom stereocenters. The summed E-state index contributed by atoms with van der Waals surface area (Å²) < 4.78 is 28.6. The Morgan fingerprint density at radius 1 is 0.900 bits per heavy atom. The largest absolute Gasteiger partial charge is 0.342 e. The molecular formula is C39H55N9O11S. The normalized spacial score (nSPS) is 15.7. The second-order valence-electron chi connectivity index (χ2n) is 15.3. The number of carbonyl (C=O) groups excluding carboxylic acids is 7. The van der Waals surface area contributed by atoms with E-state index in [4.69, 9.17) is 5.73 Å². The van der Waals surface area contributed by atoms with Crippen LogP contribution in [-0.4, -0.2) is 99.6 Å². The number of aromatic nitrogens is 2. The quantitative estimate of drug-likeness (QED) is 0.0678. The molecule has 5 atom stereocenters. The first-order valence-corrected chi connectivity index (χ1v) is 21.4. The minimum absolute atomic E-state index is 0.0400. The van der Waals surface area contributed by atoms with Crippen molar-refractivity contribution in [2.75, 3.05) is 6.54 Å². The Labute approximate surface area is 348 Å². The van der Waals surface area contributed by atoms with Crippen LogP contribution in [0, 0.1) is 27.9 Å². The van der Waals surface area contributed by atoms with Gasteiger partial charge >= 0.3 is 0 Å². The molecule has 2 aromatic rings. The van der Waals surface area contributed by atoms with E-state index in [9.17, 15) is 52.1 Å². The van der Waals surface area contributed by atoms with Crippen molar-refractivity contribution in [3.63, 3.8) is 0 Å². The van der Waals surface area contributed by atoms with Crippen LogP contribution in [0.2, 0.25) is 0 Å². The number of ketones is 1. The molecular weight excluding hydrogens is 803 g/mol. The lowest BCUT2D eigenvalue weighted by Crippen LogP contribution is -2.60. The van der Waals surface area contributed by atoms with Crippen LogP contribution in [0.1, 0.15) is 103 Å². The molecule has 0 saturated heterocycles. The van der Waals surface area contributed by atoms with E-state index in [-0.39, 0.29) is 41.1 Å². The number of nitrogens with zero attached hydrogens (tertiary/aromatic N) is 4. The topological polar surface area (TPSA) is 300 Å². The van der Waals surface area contributed by atoms with Crippen LogP contribution in [0.25, 0.3) is 0 Å². The molecule has 328 valence electrons. The van der Waals surface area contributed by atoms with Crippen LogP contribution in [0.3, 0.4) is 0 Å². The maximum absolute atomic E-state index is 14.7. The van der Waals surface area contributed by atoms with E-state index in [0.717, 1.165) is 43.5 Å². The number of non-ortho nitro benzene ring substituents is 1. The van der Waals surface area contributed by atoms with Gasteiger partial charge in [-0.2, -0.15) is 0 Å². The van der Waals surface area contributed by atoms with Crippen molar-refractivity contribution in [1.82, 2.24) is 35.5 Å². The van der Waals surface area contributed by atoms with Gasteiger partial charge in [0.2, 0.25) is 23.5 Å². The Morgan fingerprint density at radius 2 is 1.55 bits per heavy atom. The van der Waals surface area contributed by atoms with Crippen LogP contribution in [0.5, 0.6) is 0 Å². The highest BCUT2D eigenvalue weighted by molar-refractivity contribution is 7.89. The smallest absolute Gasteiger partial charge is 0.295 e. The Balaban J connectivity index is 2.04. The van der Waals surface area contributed by atoms with E-state index < -0.39 is 103 Å². The van der Waals surface area contributed by atoms with Crippen LogP contribution < -0.4 is 27.0 Å². The van der Waals surface area contributed by atoms with Gasteiger partial charge in [-0.15, -0.1) is 0 Å². The lowest BCUT2D eigenvalue weighted by Gasteiger charge is -2.32. The Bertz CT molecular complexity index is 1980. The van der Waals surface area contributed by atoms with Gasteiger partial charge in [0.15, 0.2) is 0 Å². The van der Waals surface area contributed by atoms with Crippen LogP contribution in [0.4, 0.5) is 5.69 Å². The summed E-state index contributed by atoms with van der Waals surface area (Å²) in [7, 11) is -5.05. The number of imide groups is 1. The average Bonchev–Trinajstić information content (AvgIpc) is 3.23. The van der Waals surface area contributed by atoms with E-state index in [0.29, 0.717) is 19.3 Å². The predicted octanol–water partition coefficient (Wildman–Crippen LogP) is 1.68. The molecule has 0 aliphatic heterocycles. The van der Waals surface area contributed by atoms with Crippen LogP contribution >= 0.6 is 0 Å². The summed E-state index contributed by atoms with van der Waals surface area (Å²) in [6, 6.07) is -1.81. The third-order valence-electron chi connectivity index (χ3n) is 10.2. The number of nitro benzene ring substituents is 1. The number of amides is 6. The summed E-state index contributed by atoms with van der Waals surface area (Å²) >= 11 is 0. The van der Waals surface area contributed by atoms with Gasteiger partial charge in [-0.3, -0.25) is 54.0 Å². The van der Waals surface area contributed by atoms with Gasteiger partial charge in [-0.1, -0.05) is 73.1 Å². The number of nitrogens with two attached hydrogens (primary N) is 1. The summed E-state index contributed by atoms with van der Waals surface area (Å²) in [5.74, 6) is -8.32. The summed E-state index contributed by atoms with van der Waals surface area (Å²) in [4.78, 5) is 112. The molecule has 60 heavy (non-hydrogen) atoms. The summed E-state index contributed by atoms with van der Waals surface area (Å²) in [6.45, 7) is 7.30. The van der Waals surface area contributed by atoms with Crippen molar-refractivity contribution in [3.8, 4) is 0 Å². The first-order chi connectivity index (χ1) is 28.3. The van der Waals surface area contributed by atoms with Gasteiger partial charge < -0.3 is 21.7 Å². The van der Waals surface area contributed by atoms with E-state index in [1.165, 1.54) is 25.5 Å². The fraction of sp³-hybridized carbons (Fsp3) is 0.564. The third kappa shape index (κ3) is 13.7. The van der Waals surface area contributed by atoms with Crippen molar-refractivity contribution in [2.24, 2.45) is 23.5 Å². The minimum atomic E-state index is -5.05. The van der Waals surface area contributed by atoms with Gasteiger partial charge in [0, 0.05) is 24.5 Å². The van der Waals surface area contributed by atoms with Crippen LogP contribution in [0.15, 0.2) is 47.8 Å². The number of carbonyl (C=O) groups is 7. The molecule has 1 aliphatic carbocycles. The molecule has 6 amide bonds. The monoisotopic (exact) mass is 857 g/mol. The molecule has 21 heteroatoms. The summed E-state index contributed by atoms with van der Waals surface area (Å²) in [5.41, 5.74) is 5.14. The molecule has 0 bridgehead atoms. The van der Waals surface area contributed by atoms with Gasteiger partial charge in [-0.05, 0) is 49.1 Å². The van der Waals surface area contributed by atoms with Gasteiger partial charge in [0.25, 0.3) is 33.4 Å². The minimum Gasteiger partial charge on any atom is -0.342 e. The highest BCUT2D eigenvalue weighted by atomic mass is 32.2. The van der Waals surface area contributed by atoms with Gasteiger partial charge in [0.1, 0.15) is 30.4 Å². The summed E-state index contributed by atoms with van der Waals surface area (Å²) in [5, 5.41) is 21.1. The second-order valence-corrected chi connectivity index (χ2v) is 17.1. The number of rotatable bonds is 21. The Hall–Kier alpha value is -5.70. The average molecular weight is 858 g/mol. The zero-order valence-corrected chi connectivity index (χ0v) is 35.2. The number of nitro groups is 1.